The number of rotatable bonds is 2. The number of hydrogen-bond acceptors (Lipinski definition) is 4. The standard InChI is InChI=1S/C14H9Br2N3O/c15-8-1-4-13(11(16)5-8)20-14-10-6-9(17)2-3-12(10)18-7-19-14/h1-7H,17H2. The SMILES string of the molecule is Nc1ccc2ncnc(Oc3ccc(Br)cc3Br)c2c1. The molecule has 2 N–H and O–H groups in total. The number of fused-ring (bicyclic) bond motifs is 1. The molecule has 0 amide bonds. The number of nitrogens with zero attached hydrogens (tertiary/aromatic N) is 2. The third-order valence-electron chi connectivity index (χ3n) is 2.72. The van der Waals surface area contributed by atoms with Crippen LogP contribution in [0.2, 0.25) is 0 Å². The normalized spacial score (nSPS) is 10.7. The van der Waals surface area contributed by atoms with Crippen LogP contribution in [0, 0.1) is 0 Å². The third kappa shape index (κ3) is 2.62. The molecule has 0 radical (unpaired) electrons. The maximum atomic E-state index is 5.86. The fourth-order valence-electron chi connectivity index (χ4n) is 1.79. The Balaban J connectivity index is 2.08. The maximum absolute atomic E-state index is 5.86. The molecule has 1 heterocycles. The lowest BCUT2D eigenvalue weighted by Gasteiger charge is -2.09. The fourth-order valence-corrected chi connectivity index (χ4v) is 2.92. The van der Waals surface area contributed by atoms with Gasteiger partial charge in [-0.3, -0.25) is 0 Å². The van der Waals surface area contributed by atoms with E-state index >= 15 is 0 Å². The maximum Gasteiger partial charge on any atom is 0.230 e. The van der Waals surface area contributed by atoms with Crippen molar-refractivity contribution in [3.05, 3.63) is 51.7 Å². The van der Waals surface area contributed by atoms with Crippen molar-refractivity contribution in [3.63, 3.8) is 0 Å². The first-order valence-electron chi connectivity index (χ1n) is 5.76. The molecule has 0 bridgehead atoms. The predicted octanol–water partition coefficient (Wildman–Crippen LogP) is 4.53. The molecule has 6 heteroatoms. The summed E-state index contributed by atoms with van der Waals surface area (Å²) >= 11 is 6.86. The predicted molar refractivity (Wildman–Crippen MR) is 85.9 cm³/mol. The van der Waals surface area contributed by atoms with Crippen LogP contribution in [0.25, 0.3) is 10.9 Å². The lowest BCUT2D eigenvalue weighted by atomic mass is 10.2. The van der Waals surface area contributed by atoms with Crippen molar-refractivity contribution >= 4 is 48.5 Å². The van der Waals surface area contributed by atoms with E-state index < -0.39 is 0 Å². The highest BCUT2D eigenvalue weighted by Gasteiger charge is 2.09. The monoisotopic (exact) mass is 393 g/mol. The molecular weight excluding hydrogens is 386 g/mol. The molecule has 2 aromatic carbocycles. The highest BCUT2D eigenvalue weighted by atomic mass is 79.9. The van der Waals surface area contributed by atoms with Gasteiger partial charge < -0.3 is 10.5 Å². The zero-order valence-corrected chi connectivity index (χ0v) is 13.3. The number of benzene rings is 2. The van der Waals surface area contributed by atoms with Gasteiger partial charge in [0.05, 0.1) is 15.4 Å². The molecule has 3 rings (SSSR count). The number of nitrogen functional groups attached to an aromatic ring is 1. The summed E-state index contributed by atoms with van der Waals surface area (Å²) < 4.78 is 7.66. The zero-order valence-electron chi connectivity index (χ0n) is 10.2. The summed E-state index contributed by atoms with van der Waals surface area (Å²) in [5.74, 6) is 1.15. The van der Waals surface area contributed by atoms with E-state index in [-0.39, 0.29) is 0 Å². The third-order valence-corrected chi connectivity index (χ3v) is 3.84. The Hall–Kier alpha value is -1.66. The second-order valence-electron chi connectivity index (χ2n) is 4.13. The minimum Gasteiger partial charge on any atom is -0.437 e. The van der Waals surface area contributed by atoms with Crippen LogP contribution in [0.3, 0.4) is 0 Å². The molecule has 0 saturated heterocycles. The van der Waals surface area contributed by atoms with E-state index in [0.717, 1.165) is 19.8 Å². The first-order chi connectivity index (χ1) is 9.63. The quantitative estimate of drug-likeness (QED) is 0.648. The Kier molecular flexibility index (Phi) is 3.58. The summed E-state index contributed by atoms with van der Waals surface area (Å²) in [5.41, 5.74) is 7.24. The van der Waals surface area contributed by atoms with Crippen molar-refractivity contribution in [2.45, 2.75) is 0 Å². The summed E-state index contributed by atoms with van der Waals surface area (Å²) in [6, 6.07) is 11.1. The van der Waals surface area contributed by atoms with Crippen molar-refractivity contribution in [2.75, 3.05) is 5.73 Å². The Morgan fingerprint density at radius 1 is 1.00 bits per heavy atom. The van der Waals surface area contributed by atoms with Gasteiger partial charge in [0.1, 0.15) is 12.1 Å². The molecule has 0 spiro atoms. The van der Waals surface area contributed by atoms with Crippen LogP contribution in [0.15, 0.2) is 51.7 Å². The van der Waals surface area contributed by atoms with Crippen molar-refractivity contribution < 1.29 is 4.74 Å². The smallest absolute Gasteiger partial charge is 0.230 e. The van der Waals surface area contributed by atoms with Gasteiger partial charge in [-0.1, -0.05) is 15.9 Å². The highest BCUT2D eigenvalue weighted by molar-refractivity contribution is 9.11. The molecule has 20 heavy (non-hydrogen) atoms. The largest absolute Gasteiger partial charge is 0.437 e. The molecule has 0 saturated carbocycles. The average Bonchev–Trinajstić information content (AvgIpc) is 2.42. The number of hydrogen-bond donors (Lipinski definition) is 1. The van der Waals surface area contributed by atoms with Crippen molar-refractivity contribution in [1.82, 2.24) is 9.97 Å². The van der Waals surface area contributed by atoms with Crippen LogP contribution in [0.1, 0.15) is 0 Å². The lowest BCUT2D eigenvalue weighted by molar-refractivity contribution is 0.465. The molecule has 3 aromatic rings. The summed E-state index contributed by atoms with van der Waals surface area (Å²) in [4.78, 5) is 8.38. The number of ether oxygens (including phenoxy) is 1. The average molecular weight is 395 g/mol. The Morgan fingerprint density at radius 2 is 1.85 bits per heavy atom. The molecule has 0 fully saturated rings. The summed E-state index contributed by atoms with van der Waals surface area (Å²) in [5, 5.41) is 0.780. The van der Waals surface area contributed by atoms with E-state index in [4.69, 9.17) is 10.5 Å². The lowest BCUT2D eigenvalue weighted by Crippen LogP contribution is -1.93. The molecule has 0 unspecified atom stereocenters. The van der Waals surface area contributed by atoms with Crippen molar-refractivity contribution in [2.24, 2.45) is 0 Å². The zero-order chi connectivity index (χ0) is 14.1. The van der Waals surface area contributed by atoms with Gasteiger partial charge in [0, 0.05) is 10.2 Å². The van der Waals surface area contributed by atoms with Gasteiger partial charge in [0.15, 0.2) is 0 Å². The summed E-state index contributed by atoms with van der Waals surface area (Å²) in [6.45, 7) is 0. The second-order valence-corrected chi connectivity index (χ2v) is 5.90. The number of nitrogens with two attached hydrogens (primary N) is 1. The molecule has 0 aliphatic rings. The first-order valence-corrected chi connectivity index (χ1v) is 7.35. The van der Waals surface area contributed by atoms with E-state index in [0.29, 0.717) is 17.3 Å². The summed E-state index contributed by atoms with van der Waals surface area (Å²) in [6.07, 6.45) is 1.47. The minimum absolute atomic E-state index is 0.477. The van der Waals surface area contributed by atoms with Gasteiger partial charge in [0.25, 0.3) is 0 Å². The van der Waals surface area contributed by atoms with E-state index in [1.807, 2.05) is 24.3 Å². The number of anilines is 1. The van der Waals surface area contributed by atoms with Crippen molar-refractivity contribution in [3.8, 4) is 11.6 Å². The molecule has 0 aliphatic heterocycles. The van der Waals surface area contributed by atoms with E-state index in [1.54, 1.807) is 12.1 Å². The molecule has 100 valence electrons. The molecule has 1 aromatic heterocycles. The van der Waals surface area contributed by atoms with Gasteiger partial charge in [0.2, 0.25) is 5.88 Å². The van der Waals surface area contributed by atoms with Crippen LogP contribution >= 0.6 is 31.9 Å². The van der Waals surface area contributed by atoms with Crippen LogP contribution in [-0.4, -0.2) is 9.97 Å². The first kappa shape index (κ1) is 13.3. The molecule has 4 nitrogen and oxygen atoms in total. The Bertz CT molecular complexity index is 792. The van der Waals surface area contributed by atoms with Crippen LogP contribution in [-0.2, 0) is 0 Å². The van der Waals surface area contributed by atoms with Gasteiger partial charge in [-0.05, 0) is 52.3 Å². The van der Waals surface area contributed by atoms with Gasteiger partial charge in [-0.15, -0.1) is 0 Å². The van der Waals surface area contributed by atoms with Crippen molar-refractivity contribution in [1.29, 1.82) is 0 Å². The van der Waals surface area contributed by atoms with Gasteiger partial charge in [-0.25, -0.2) is 9.97 Å². The van der Waals surface area contributed by atoms with Gasteiger partial charge in [-0.2, -0.15) is 0 Å². The fraction of sp³-hybridized carbons (Fsp3) is 0. The number of aromatic nitrogens is 2. The number of halogens is 2. The topological polar surface area (TPSA) is 61.0 Å². The molecule has 0 atom stereocenters. The minimum atomic E-state index is 0.477. The van der Waals surface area contributed by atoms with E-state index in [9.17, 15) is 0 Å². The van der Waals surface area contributed by atoms with Gasteiger partial charge >= 0.3 is 0 Å². The van der Waals surface area contributed by atoms with Crippen LogP contribution in [0.4, 0.5) is 5.69 Å². The molecular formula is C14H9Br2N3O. The van der Waals surface area contributed by atoms with Crippen LogP contribution < -0.4 is 10.5 Å². The van der Waals surface area contributed by atoms with Crippen LogP contribution in [0.5, 0.6) is 11.6 Å². The summed E-state index contributed by atoms with van der Waals surface area (Å²) in [7, 11) is 0. The van der Waals surface area contributed by atoms with E-state index in [1.165, 1.54) is 6.33 Å². The Morgan fingerprint density at radius 3 is 2.65 bits per heavy atom. The highest BCUT2D eigenvalue weighted by Crippen LogP contribution is 2.34. The van der Waals surface area contributed by atoms with E-state index in [2.05, 4.69) is 41.8 Å². The Labute approximate surface area is 132 Å². The second kappa shape index (κ2) is 5.38. The molecule has 0 aliphatic carbocycles.